The average Bonchev–Trinajstić information content (AvgIpc) is 3.08. The summed E-state index contributed by atoms with van der Waals surface area (Å²) in [6.45, 7) is 5.97. The molecule has 0 aliphatic rings. The van der Waals surface area contributed by atoms with Crippen LogP contribution in [0.5, 0.6) is 0 Å². The first-order chi connectivity index (χ1) is 22.0. The van der Waals surface area contributed by atoms with E-state index in [9.17, 15) is 9.59 Å². The van der Waals surface area contributed by atoms with Crippen LogP contribution in [0, 0.1) is 0 Å². The minimum absolute atomic E-state index is 0.372. The van der Waals surface area contributed by atoms with Crippen LogP contribution in [0.15, 0.2) is 134 Å². The number of nitrogens with zero attached hydrogens (tertiary/aromatic N) is 1. The van der Waals surface area contributed by atoms with Crippen molar-refractivity contribution in [3.05, 3.63) is 136 Å². The molecule has 0 unspecified atom stereocenters. The van der Waals surface area contributed by atoms with Gasteiger partial charge in [-0.3, -0.25) is 0 Å². The molecule has 45 heavy (non-hydrogen) atoms. The first kappa shape index (κ1) is 26.9. The number of anilines is 1. The highest BCUT2D eigenvalue weighted by atomic mass is 16.4. The van der Waals surface area contributed by atoms with Gasteiger partial charge in [-0.25, -0.2) is 9.59 Å². The standard InChI is InChI=1S/C40H29NO4/c1-3-41(4-2)29-18-17-28-21-34(39(42)44-37(28)22-29)26-15-13-25-20-27(16-14-24(25)19-26)35-23-36-32-11-6-5-9-30(32)31-10-7-8-12-33(31)38(36)45-40(35)43/h5-23H,3-4H2,1-2H3. The Bertz CT molecular complexity index is 2570. The van der Waals surface area contributed by atoms with Crippen molar-refractivity contribution in [2.45, 2.75) is 13.8 Å². The van der Waals surface area contributed by atoms with Crippen LogP contribution in [-0.4, -0.2) is 13.1 Å². The van der Waals surface area contributed by atoms with Crippen LogP contribution in [0.25, 0.3) is 76.5 Å². The first-order valence-corrected chi connectivity index (χ1v) is 15.3. The number of hydrogen-bond acceptors (Lipinski definition) is 5. The topological polar surface area (TPSA) is 63.7 Å². The first-order valence-electron chi connectivity index (χ1n) is 15.3. The summed E-state index contributed by atoms with van der Waals surface area (Å²) in [4.78, 5) is 28.8. The van der Waals surface area contributed by atoms with Gasteiger partial charge in [-0.15, -0.1) is 0 Å². The van der Waals surface area contributed by atoms with Crippen molar-refractivity contribution in [2.24, 2.45) is 0 Å². The average molecular weight is 588 g/mol. The Hall–Kier alpha value is -5.68. The molecule has 8 rings (SSSR count). The van der Waals surface area contributed by atoms with E-state index in [0.29, 0.717) is 22.3 Å². The Kier molecular flexibility index (Phi) is 6.27. The van der Waals surface area contributed by atoms with Crippen molar-refractivity contribution in [1.29, 1.82) is 0 Å². The van der Waals surface area contributed by atoms with Crippen LogP contribution >= 0.6 is 0 Å². The molecule has 6 aromatic carbocycles. The smallest absolute Gasteiger partial charge is 0.344 e. The number of hydrogen-bond donors (Lipinski definition) is 0. The van der Waals surface area contributed by atoms with Crippen molar-refractivity contribution in [1.82, 2.24) is 0 Å². The van der Waals surface area contributed by atoms with Gasteiger partial charge in [0.05, 0.1) is 11.1 Å². The molecule has 218 valence electrons. The van der Waals surface area contributed by atoms with Gasteiger partial charge in [-0.05, 0) is 88.3 Å². The number of benzene rings is 6. The number of rotatable bonds is 5. The largest absolute Gasteiger partial charge is 0.422 e. The maximum absolute atomic E-state index is 13.4. The molecule has 2 heterocycles. The van der Waals surface area contributed by atoms with E-state index in [-0.39, 0.29) is 11.3 Å². The molecule has 2 aromatic heterocycles. The molecule has 0 fully saturated rings. The zero-order valence-corrected chi connectivity index (χ0v) is 25.0. The van der Waals surface area contributed by atoms with Gasteiger partial charge in [0.15, 0.2) is 0 Å². The number of fused-ring (bicyclic) bond motifs is 8. The second-order valence-electron chi connectivity index (χ2n) is 11.4. The molecular weight excluding hydrogens is 558 g/mol. The predicted molar refractivity (Wildman–Crippen MR) is 185 cm³/mol. The summed E-state index contributed by atoms with van der Waals surface area (Å²) in [5.41, 5.74) is 4.04. The lowest BCUT2D eigenvalue weighted by molar-refractivity contribution is 0.563. The van der Waals surface area contributed by atoms with Crippen molar-refractivity contribution >= 4 is 59.9 Å². The van der Waals surface area contributed by atoms with Crippen LogP contribution in [0.2, 0.25) is 0 Å². The summed E-state index contributed by atoms with van der Waals surface area (Å²) in [7, 11) is 0. The van der Waals surface area contributed by atoms with Crippen molar-refractivity contribution < 1.29 is 8.83 Å². The van der Waals surface area contributed by atoms with E-state index in [1.54, 1.807) is 0 Å². The van der Waals surface area contributed by atoms with Crippen LogP contribution in [0.4, 0.5) is 5.69 Å². The van der Waals surface area contributed by atoms with Gasteiger partial charge in [-0.2, -0.15) is 0 Å². The van der Waals surface area contributed by atoms with Gasteiger partial charge < -0.3 is 13.7 Å². The molecule has 0 spiro atoms. The lowest BCUT2D eigenvalue weighted by Gasteiger charge is -2.21. The predicted octanol–water partition coefficient (Wildman–Crippen LogP) is 9.54. The lowest BCUT2D eigenvalue weighted by Crippen LogP contribution is -2.21. The van der Waals surface area contributed by atoms with Crippen LogP contribution in [-0.2, 0) is 0 Å². The summed E-state index contributed by atoms with van der Waals surface area (Å²) >= 11 is 0. The normalized spacial score (nSPS) is 11.7. The maximum Gasteiger partial charge on any atom is 0.344 e. The summed E-state index contributed by atoms with van der Waals surface area (Å²) in [5.74, 6) is 0. The summed E-state index contributed by atoms with van der Waals surface area (Å²) in [6, 6.07) is 37.9. The lowest BCUT2D eigenvalue weighted by atomic mass is 9.95. The third kappa shape index (κ3) is 4.39. The van der Waals surface area contributed by atoms with Gasteiger partial charge in [0, 0.05) is 41.0 Å². The Labute approximate surface area is 258 Å². The zero-order valence-electron chi connectivity index (χ0n) is 25.0. The van der Waals surface area contributed by atoms with E-state index in [4.69, 9.17) is 8.83 Å². The van der Waals surface area contributed by atoms with E-state index < -0.39 is 0 Å². The summed E-state index contributed by atoms with van der Waals surface area (Å²) in [6.07, 6.45) is 0. The van der Waals surface area contributed by atoms with Gasteiger partial charge in [0.2, 0.25) is 0 Å². The molecule has 0 atom stereocenters. The Balaban J connectivity index is 1.22. The fourth-order valence-electron chi connectivity index (χ4n) is 6.61. The fourth-order valence-corrected chi connectivity index (χ4v) is 6.61. The molecule has 5 nitrogen and oxygen atoms in total. The summed E-state index contributed by atoms with van der Waals surface area (Å²) in [5, 5.41) is 7.82. The molecule has 8 aromatic rings. The van der Waals surface area contributed by atoms with Gasteiger partial charge in [-0.1, -0.05) is 72.8 Å². The van der Waals surface area contributed by atoms with Crippen LogP contribution < -0.4 is 16.2 Å². The molecule has 0 saturated heterocycles. The van der Waals surface area contributed by atoms with Crippen LogP contribution in [0.1, 0.15) is 13.8 Å². The minimum atomic E-state index is -0.378. The molecule has 0 bridgehead atoms. The third-order valence-corrected chi connectivity index (χ3v) is 8.94. The highest BCUT2D eigenvalue weighted by Gasteiger charge is 2.16. The third-order valence-electron chi connectivity index (χ3n) is 8.94. The molecule has 0 radical (unpaired) electrons. The van der Waals surface area contributed by atoms with Crippen molar-refractivity contribution in [3.8, 4) is 22.3 Å². The molecule has 0 aliphatic carbocycles. The molecule has 0 saturated carbocycles. The van der Waals surface area contributed by atoms with Crippen molar-refractivity contribution in [2.75, 3.05) is 18.0 Å². The molecular formula is C40H29NO4. The maximum atomic E-state index is 13.4. The second-order valence-corrected chi connectivity index (χ2v) is 11.4. The second kappa shape index (κ2) is 10.5. The highest BCUT2D eigenvalue weighted by molar-refractivity contribution is 6.23. The SMILES string of the molecule is CCN(CC)c1ccc2cc(-c3ccc4cc(-c5cc6c7ccccc7c7ccccc7c6oc5=O)ccc4c3)c(=O)oc2c1. The minimum Gasteiger partial charge on any atom is -0.422 e. The quantitative estimate of drug-likeness (QED) is 0.148. The van der Waals surface area contributed by atoms with Gasteiger partial charge in [0.25, 0.3) is 0 Å². The van der Waals surface area contributed by atoms with Crippen molar-refractivity contribution in [3.63, 3.8) is 0 Å². The van der Waals surface area contributed by atoms with Crippen LogP contribution in [0.3, 0.4) is 0 Å². The van der Waals surface area contributed by atoms with E-state index in [2.05, 4.69) is 43.0 Å². The Morgan fingerprint density at radius 3 is 1.69 bits per heavy atom. The molecule has 5 heteroatoms. The molecule has 0 amide bonds. The Morgan fingerprint density at radius 1 is 0.511 bits per heavy atom. The van der Waals surface area contributed by atoms with Gasteiger partial charge >= 0.3 is 11.3 Å². The zero-order chi connectivity index (χ0) is 30.7. The summed E-state index contributed by atoms with van der Waals surface area (Å²) < 4.78 is 11.8. The van der Waals surface area contributed by atoms with E-state index in [1.807, 2.05) is 91.0 Å². The van der Waals surface area contributed by atoms with E-state index in [0.717, 1.165) is 73.0 Å². The van der Waals surface area contributed by atoms with Gasteiger partial charge in [0.1, 0.15) is 11.2 Å². The molecule has 0 N–H and O–H groups in total. The monoisotopic (exact) mass is 587 g/mol. The molecule has 0 aliphatic heterocycles. The Morgan fingerprint density at radius 2 is 1.04 bits per heavy atom. The fraction of sp³-hybridized carbons (Fsp3) is 0.100. The van der Waals surface area contributed by atoms with E-state index in [1.165, 1.54) is 0 Å². The van der Waals surface area contributed by atoms with E-state index >= 15 is 0 Å². The highest BCUT2D eigenvalue weighted by Crippen LogP contribution is 2.36.